The summed E-state index contributed by atoms with van der Waals surface area (Å²) in [5.41, 5.74) is 1.62. The highest BCUT2D eigenvalue weighted by Gasteiger charge is 2.21. The molecule has 0 unspecified atom stereocenters. The van der Waals surface area contributed by atoms with Gasteiger partial charge in [0.25, 0.3) is 11.1 Å². The van der Waals surface area contributed by atoms with Crippen molar-refractivity contribution in [2.24, 2.45) is 7.05 Å². The fourth-order valence-corrected chi connectivity index (χ4v) is 3.02. The summed E-state index contributed by atoms with van der Waals surface area (Å²) in [6.07, 6.45) is 4.97. The molecule has 0 radical (unpaired) electrons. The molecule has 1 aromatic carbocycles. The normalized spacial score (nSPS) is 13.4. The average Bonchev–Trinajstić information content (AvgIpc) is 2.94. The van der Waals surface area contributed by atoms with Crippen LogP contribution in [-0.4, -0.2) is 19.5 Å². The van der Waals surface area contributed by atoms with Crippen molar-refractivity contribution < 1.29 is 0 Å². The zero-order chi connectivity index (χ0) is 18.9. The second-order valence-corrected chi connectivity index (χ2v) is 7.27. The Balaban J connectivity index is 2.17. The summed E-state index contributed by atoms with van der Waals surface area (Å²) in [6.45, 7) is 6.23. The van der Waals surface area contributed by atoms with Gasteiger partial charge in [-0.1, -0.05) is 51.1 Å². The minimum Gasteiger partial charge on any atom is -0.337 e. The standard InChI is InChI=1S/C20H22N4O2/c1-20(2,3)17-14(21-12-24(17)4)11-16-19(26)22-15(18(25)23-16)10-13-8-6-5-7-9-13/h5-12H,1-4H3,(H,22,26)(H,23,25)/b15-10-,16-11-. The van der Waals surface area contributed by atoms with Crippen molar-refractivity contribution >= 4 is 12.2 Å². The van der Waals surface area contributed by atoms with Gasteiger partial charge in [-0.15, -0.1) is 0 Å². The highest BCUT2D eigenvalue weighted by atomic mass is 16.1. The molecule has 6 heteroatoms. The largest absolute Gasteiger partial charge is 0.337 e. The van der Waals surface area contributed by atoms with Crippen LogP contribution in [0.3, 0.4) is 0 Å². The van der Waals surface area contributed by atoms with Crippen molar-refractivity contribution in [2.75, 3.05) is 0 Å². The number of hydrogen-bond acceptors (Lipinski definition) is 3. The molecule has 134 valence electrons. The van der Waals surface area contributed by atoms with Gasteiger partial charge < -0.3 is 14.5 Å². The number of H-pyrrole nitrogens is 2. The number of imidazole rings is 1. The van der Waals surface area contributed by atoms with E-state index in [0.717, 1.165) is 11.3 Å². The van der Waals surface area contributed by atoms with Crippen molar-refractivity contribution in [3.63, 3.8) is 0 Å². The molecule has 0 saturated carbocycles. The first kappa shape index (κ1) is 17.7. The first-order valence-corrected chi connectivity index (χ1v) is 8.38. The van der Waals surface area contributed by atoms with Crippen LogP contribution < -0.4 is 21.8 Å². The summed E-state index contributed by atoms with van der Waals surface area (Å²) in [6, 6.07) is 9.36. The lowest BCUT2D eigenvalue weighted by Gasteiger charge is -2.20. The minimum atomic E-state index is -0.364. The Bertz CT molecular complexity index is 1160. The lowest BCUT2D eigenvalue weighted by Crippen LogP contribution is -2.46. The van der Waals surface area contributed by atoms with Gasteiger partial charge in [0.05, 0.1) is 12.0 Å². The first-order chi connectivity index (χ1) is 12.3. The molecule has 2 N–H and O–H groups in total. The molecule has 0 saturated heterocycles. The maximum absolute atomic E-state index is 12.4. The van der Waals surface area contributed by atoms with Gasteiger partial charge in [-0.25, -0.2) is 4.98 Å². The summed E-state index contributed by atoms with van der Waals surface area (Å²) >= 11 is 0. The molecule has 0 fully saturated rings. The quantitative estimate of drug-likeness (QED) is 0.715. The molecule has 2 heterocycles. The molecular formula is C20H22N4O2. The lowest BCUT2D eigenvalue weighted by atomic mass is 9.90. The van der Waals surface area contributed by atoms with Crippen LogP contribution in [-0.2, 0) is 12.5 Å². The first-order valence-electron chi connectivity index (χ1n) is 8.38. The Morgan fingerprint density at radius 1 is 0.962 bits per heavy atom. The number of aromatic amines is 2. The van der Waals surface area contributed by atoms with E-state index in [9.17, 15) is 9.59 Å². The van der Waals surface area contributed by atoms with Crippen molar-refractivity contribution in [1.29, 1.82) is 0 Å². The van der Waals surface area contributed by atoms with E-state index >= 15 is 0 Å². The van der Waals surface area contributed by atoms with Crippen molar-refractivity contribution in [3.05, 3.63) is 85.0 Å². The van der Waals surface area contributed by atoms with Crippen molar-refractivity contribution in [3.8, 4) is 0 Å². The number of rotatable bonds is 2. The van der Waals surface area contributed by atoms with Gasteiger partial charge in [0, 0.05) is 18.2 Å². The van der Waals surface area contributed by atoms with E-state index < -0.39 is 0 Å². The summed E-state index contributed by atoms with van der Waals surface area (Å²) in [7, 11) is 1.91. The predicted molar refractivity (Wildman–Crippen MR) is 102 cm³/mol. The maximum Gasteiger partial charge on any atom is 0.272 e. The third kappa shape index (κ3) is 3.59. The highest BCUT2D eigenvalue weighted by molar-refractivity contribution is 5.49. The van der Waals surface area contributed by atoms with Crippen LogP contribution in [0.25, 0.3) is 12.2 Å². The monoisotopic (exact) mass is 350 g/mol. The van der Waals surface area contributed by atoms with Crippen molar-refractivity contribution in [2.45, 2.75) is 26.2 Å². The molecule has 0 atom stereocenters. The van der Waals surface area contributed by atoms with E-state index in [0.29, 0.717) is 5.69 Å². The van der Waals surface area contributed by atoms with Crippen LogP contribution in [0, 0.1) is 0 Å². The minimum absolute atomic E-state index is 0.148. The van der Waals surface area contributed by atoms with Gasteiger partial charge in [0.1, 0.15) is 10.7 Å². The number of nitrogens with zero attached hydrogens (tertiary/aromatic N) is 2. The number of aryl methyl sites for hydroxylation is 1. The zero-order valence-corrected chi connectivity index (χ0v) is 15.3. The second kappa shape index (κ2) is 6.63. The van der Waals surface area contributed by atoms with E-state index in [4.69, 9.17) is 0 Å². The fourth-order valence-electron chi connectivity index (χ4n) is 3.02. The summed E-state index contributed by atoms with van der Waals surface area (Å²) in [5.74, 6) is 0. The Labute approximate surface area is 150 Å². The molecule has 3 rings (SSSR count). The van der Waals surface area contributed by atoms with Crippen LogP contribution in [0.2, 0.25) is 0 Å². The lowest BCUT2D eigenvalue weighted by molar-refractivity contribution is 0.542. The van der Waals surface area contributed by atoms with Gasteiger partial charge in [-0.2, -0.15) is 0 Å². The number of nitrogens with one attached hydrogen (secondary N) is 2. The van der Waals surface area contributed by atoms with Gasteiger partial charge in [0.2, 0.25) is 0 Å². The molecule has 0 aliphatic heterocycles. The predicted octanol–water partition coefficient (Wildman–Crippen LogP) is 0.752. The molecule has 0 aliphatic rings. The highest BCUT2D eigenvalue weighted by Crippen LogP contribution is 2.24. The van der Waals surface area contributed by atoms with E-state index in [1.54, 1.807) is 18.5 Å². The number of hydrogen-bond donors (Lipinski definition) is 2. The molecule has 0 aliphatic carbocycles. The van der Waals surface area contributed by atoms with E-state index in [-0.39, 0.29) is 27.2 Å². The van der Waals surface area contributed by atoms with Crippen LogP contribution >= 0.6 is 0 Å². The van der Waals surface area contributed by atoms with Crippen LogP contribution in [0.1, 0.15) is 37.7 Å². The maximum atomic E-state index is 12.4. The Hall–Kier alpha value is -3.15. The topological polar surface area (TPSA) is 83.5 Å². The Kier molecular flexibility index (Phi) is 4.50. The van der Waals surface area contributed by atoms with Crippen LogP contribution in [0.4, 0.5) is 0 Å². The molecule has 26 heavy (non-hydrogen) atoms. The third-order valence-electron chi connectivity index (χ3n) is 4.05. The van der Waals surface area contributed by atoms with Crippen LogP contribution in [0.15, 0.2) is 46.2 Å². The van der Waals surface area contributed by atoms with Gasteiger partial charge in [0.15, 0.2) is 0 Å². The molecule has 0 bridgehead atoms. The molecule has 2 aromatic heterocycles. The van der Waals surface area contributed by atoms with Gasteiger partial charge in [-0.05, 0) is 17.7 Å². The SMILES string of the molecule is Cn1cnc(/C=c2\[nH]c(=O)/c(=C/c3ccccc3)[nH]c2=O)c1C(C)(C)C. The average molecular weight is 350 g/mol. The second-order valence-electron chi connectivity index (χ2n) is 7.27. The number of benzene rings is 1. The van der Waals surface area contributed by atoms with Crippen molar-refractivity contribution in [1.82, 2.24) is 19.5 Å². The number of aromatic nitrogens is 4. The van der Waals surface area contributed by atoms with Crippen LogP contribution in [0.5, 0.6) is 0 Å². The molecule has 6 nitrogen and oxygen atoms in total. The van der Waals surface area contributed by atoms with E-state index in [2.05, 4.69) is 35.7 Å². The summed E-state index contributed by atoms with van der Waals surface area (Å²) < 4.78 is 1.93. The zero-order valence-electron chi connectivity index (χ0n) is 15.3. The summed E-state index contributed by atoms with van der Waals surface area (Å²) in [5, 5.41) is 0.403. The summed E-state index contributed by atoms with van der Waals surface area (Å²) in [4.78, 5) is 34.5. The third-order valence-corrected chi connectivity index (χ3v) is 4.05. The smallest absolute Gasteiger partial charge is 0.272 e. The molecule has 0 spiro atoms. The molecule has 3 aromatic rings. The van der Waals surface area contributed by atoms with Gasteiger partial charge >= 0.3 is 0 Å². The van der Waals surface area contributed by atoms with Gasteiger partial charge in [-0.3, -0.25) is 9.59 Å². The Morgan fingerprint density at radius 2 is 1.54 bits per heavy atom. The van der Waals surface area contributed by atoms with E-state index in [1.165, 1.54) is 0 Å². The Morgan fingerprint density at radius 3 is 2.12 bits per heavy atom. The molecular weight excluding hydrogens is 328 g/mol. The molecule has 0 amide bonds. The van der Waals surface area contributed by atoms with E-state index in [1.807, 2.05) is 41.9 Å². The fraction of sp³-hybridized carbons (Fsp3) is 0.250.